The van der Waals surface area contributed by atoms with Crippen LogP contribution in [0, 0.1) is 0 Å². The number of carboxylic acid groups (broad SMARTS) is 2. The van der Waals surface area contributed by atoms with Gasteiger partial charge in [0.05, 0.1) is 0 Å². The molecule has 0 aromatic heterocycles. The summed E-state index contributed by atoms with van der Waals surface area (Å²) in [6, 6.07) is 20.3. The van der Waals surface area contributed by atoms with Crippen molar-refractivity contribution in [3.05, 3.63) is 71.8 Å². The molecule has 2 aromatic carbocycles. The highest BCUT2D eigenvalue weighted by molar-refractivity contribution is 6.27. The van der Waals surface area contributed by atoms with E-state index in [0.29, 0.717) is 18.2 Å². The van der Waals surface area contributed by atoms with Gasteiger partial charge in [0.2, 0.25) is 0 Å². The molecule has 1 unspecified atom stereocenters. The molecule has 7 nitrogen and oxygen atoms in total. The molecule has 2 aromatic rings. The second-order valence-electron chi connectivity index (χ2n) is 6.11. The smallest absolute Gasteiger partial charge is 0.414 e. The average Bonchev–Trinajstić information content (AvgIpc) is 2.71. The number of aliphatic carboxylic acids is 2. The normalized spacial score (nSPS) is 10.9. The van der Waals surface area contributed by atoms with Gasteiger partial charge in [-0.15, -0.1) is 0 Å². The molecule has 7 heteroatoms. The van der Waals surface area contributed by atoms with E-state index in [9.17, 15) is 4.79 Å². The lowest BCUT2D eigenvalue weighted by Gasteiger charge is -2.14. The van der Waals surface area contributed by atoms with Gasteiger partial charge >= 0.3 is 11.9 Å². The summed E-state index contributed by atoms with van der Waals surface area (Å²) in [6.07, 6.45) is 2.17. The van der Waals surface area contributed by atoms with E-state index < -0.39 is 11.9 Å². The summed E-state index contributed by atoms with van der Waals surface area (Å²) in [4.78, 5) is 30.1. The SMILES string of the molecule is CC(CCc1ccccc1)NCCNC(=O)c1ccccc1.O=C(O)C(=O)O. The van der Waals surface area contributed by atoms with Gasteiger partial charge in [-0.25, -0.2) is 9.59 Å². The molecule has 0 radical (unpaired) electrons. The molecule has 0 aliphatic carbocycles. The summed E-state index contributed by atoms with van der Waals surface area (Å²) < 4.78 is 0. The van der Waals surface area contributed by atoms with Crippen LogP contribution in [-0.2, 0) is 16.0 Å². The number of carboxylic acids is 2. The first kappa shape index (κ1) is 22.9. The number of carbonyl (C=O) groups is 3. The second-order valence-corrected chi connectivity index (χ2v) is 6.11. The monoisotopic (exact) mass is 386 g/mol. The molecule has 0 saturated heterocycles. The second kappa shape index (κ2) is 13.1. The van der Waals surface area contributed by atoms with Gasteiger partial charge in [0.25, 0.3) is 5.91 Å². The minimum atomic E-state index is -1.82. The molecule has 0 fully saturated rings. The Morgan fingerprint density at radius 1 is 0.857 bits per heavy atom. The standard InChI is InChI=1S/C19H24N2O.C2H2O4/c1-16(12-13-17-8-4-2-5-9-17)20-14-15-21-19(22)18-10-6-3-7-11-18;3-1(4)2(5)6/h2-11,16,20H,12-15H2,1H3,(H,21,22);(H,3,4)(H,5,6). The zero-order valence-electron chi connectivity index (χ0n) is 15.8. The minimum absolute atomic E-state index is 0.0145. The zero-order chi connectivity index (χ0) is 20.8. The third-order valence-electron chi connectivity index (χ3n) is 3.83. The Balaban J connectivity index is 0.000000568. The summed E-state index contributed by atoms with van der Waals surface area (Å²) in [6.45, 7) is 3.61. The lowest BCUT2D eigenvalue weighted by Crippen LogP contribution is -2.36. The number of rotatable bonds is 8. The molecule has 150 valence electrons. The van der Waals surface area contributed by atoms with Gasteiger partial charge in [-0.3, -0.25) is 4.79 Å². The summed E-state index contributed by atoms with van der Waals surface area (Å²) in [7, 11) is 0. The summed E-state index contributed by atoms with van der Waals surface area (Å²) >= 11 is 0. The Bertz CT molecular complexity index is 723. The van der Waals surface area contributed by atoms with E-state index >= 15 is 0 Å². The molecule has 0 aliphatic heterocycles. The van der Waals surface area contributed by atoms with Crippen molar-refractivity contribution >= 4 is 17.8 Å². The van der Waals surface area contributed by atoms with Crippen LogP contribution in [0.2, 0.25) is 0 Å². The van der Waals surface area contributed by atoms with Gasteiger partial charge in [-0.1, -0.05) is 48.5 Å². The fourth-order valence-corrected chi connectivity index (χ4v) is 2.32. The fourth-order valence-electron chi connectivity index (χ4n) is 2.32. The van der Waals surface area contributed by atoms with E-state index in [4.69, 9.17) is 19.8 Å². The van der Waals surface area contributed by atoms with Crippen molar-refractivity contribution in [2.45, 2.75) is 25.8 Å². The highest BCUT2D eigenvalue weighted by atomic mass is 16.4. The van der Waals surface area contributed by atoms with Crippen molar-refractivity contribution in [3.63, 3.8) is 0 Å². The number of hydrogen-bond acceptors (Lipinski definition) is 4. The van der Waals surface area contributed by atoms with Crippen molar-refractivity contribution in [3.8, 4) is 0 Å². The number of benzene rings is 2. The van der Waals surface area contributed by atoms with Crippen molar-refractivity contribution in [2.24, 2.45) is 0 Å². The van der Waals surface area contributed by atoms with E-state index in [1.807, 2.05) is 36.4 Å². The predicted octanol–water partition coefficient (Wildman–Crippen LogP) is 2.18. The first-order valence-corrected chi connectivity index (χ1v) is 8.97. The number of carbonyl (C=O) groups excluding carboxylic acids is 1. The maximum atomic E-state index is 11.9. The summed E-state index contributed by atoms with van der Waals surface area (Å²) in [5.74, 6) is -3.66. The largest absolute Gasteiger partial charge is 0.473 e. The van der Waals surface area contributed by atoms with Crippen LogP contribution in [0.5, 0.6) is 0 Å². The third kappa shape index (κ3) is 10.1. The highest BCUT2D eigenvalue weighted by Crippen LogP contribution is 2.04. The van der Waals surface area contributed by atoms with Crippen molar-refractivity contribution in [2.75, 3.05) is 13.1 Å². The molecule has 0 bridgehead atoms. The van der Waals surface area contributed by atoms with Crippen LogP contribution in [0.15, 0.2) is 60.7 Å². The molecule has 0 saturated carbocycles. The Hall–Kier alpha value is -3.19. The molecule has 1 amide bonds. The first-order chi connectivity index (χ1) is 13.4. The number of nitrogens with one attached hydrogen (secondary N) is 2. The Kier molecular flexibility index (Phi) is 10.7. The molecule has 0 spiro atoms. The lowest BCUT2D eigenvalue weighted by molar-refractivity contribution is -0.159. The zero-order valence-corrected chi connectivity index (χ0v) is 15.8. The van der Waals surface area contributed by atoms with E-state index in [0.717, 1.165) is 19.4 Å². The topological polar surface area (TPSA) is 116 Å². The molecule has 1 atom stereocenters. The maximum Gasteiger partial charge on any atom is 0.414 e. The van der Waals surface area contributed by atoms with Crippen LogP contribution >= 0.6 is 0 Å². The van der Waals surface area contributed by atoms with Crippen LogP contribution in [-0.4, -0.2) is 47.2 Å². The predicted molar refractivity (Wildman–Crippen MR) is 106 cm³/mol. The molecule has 0 heterocycles. The summed E-state index contributed by atoms with van der Waals surface area (Å²) in [5.41, 5.74) is 2.08. The average molecular weight is 386 g/mol. The molecular formula is C21H26N2O5. The molecule has 28 heavy (non-hydrogen) atoms. The molecule has 0 aliphatic rings. The van der Waals surface area contributed by atoms with Gasteiger partial charge in [-0.05, 0) is 37.5 Å². The number of hydrogen-bond donors (Lipinski definition) is 4. The van der Waals surface area contributed by atoms with E-state index in [-0.39, 0.29) is 5.91 Å². The quantitative estimate of drug-likeness (QED) is 0.408. The van der Waals surface area contributed by atoms with E-state index in [1.165, 1.54) is 5.56 Å². The Labute approximate surface area is 164 Å². The van der Waals surface area contributed by atoms with Crippen LogP contribution < -0.4 is 10.6 Å². The number of amides is 1. The van der Waals surface area contributed by atoms with Crippen LogP contribution in [0.4, 0.5) is 0 Å². The minimum Gasteiger partial charge on any atom is -0.473 e. The van der Waals surface area contributed by atoms with Crippen molar-refractivity contribution < 1.29 is 24.6 Å². The van der Waals surface area contributed by atoms with Crippen LogP contribution in [0.25, 0.3) is 0 Å². The number of aryl methyl sites for hydroxylation is 1. The molecular weight excluding hydrogens is 360 g/mol. The van der Waals surface area contributed by atoms with Gasteiger partial charge in [0.15, 0.2) is 0 Å². The Morgan fingerprint density at radius 3 is 1.93 bits per heavy atom. The maximum absolute atomic E-state index is 11.9. The van der Waals surface area contributed by atoms with Gasteiger partial charge < -0.3 is 20.8 Å². The van der Waals surface area contributed by atoms with E-state index in [2.05, 4.69) is 41.8 Å². The van der Waals surface area contributed by atoms with Gasteiger partial charge in [-0.2, -0.15) is 0 Å². The Morgan fingerprint density at radius 2 is 1.39 bits per heavy atom. The van der Waals surface area contributed by atoms with Crippen LogP contribution in [0.1, 0.15) is 29.3 Å². The lowest BCUT2D eigenvalue weighted by atomic mass is 10.1. The van der Waals surface area contributed by atoms with Gasteiger partial charge in [0.1, 0.15) is 0 Å². The van der Waals surface area contributed by atoms with E-state index in [1.54, 1.807) is 0 Å². The third-order valence-corrected chi connectivity index (χ3v) is 3.83. The van der Waals surface area contributed by atoms with Crippen molar-refractivity contribution in [1.82, 2.24) is 10.6 Å². The fraction of sp³-hybridized carbons (Fsp3) is 0.286. The molecule has 4 N–H and O–H groups in total. The molecule has 2 rings (SSSR count). The summed E-state index contributed by atoms with van der Waals surface area (Å²) in [5, 5.41) is 21.2. The van der Waals surface area contributed by atoms with Gasteiger partial charge in [0, 0.05) is 24.7 Å². The first-order valence-electron chi connectivity index (χ1n) is 8.97. The van der Waals surface area contributed by atoms with Crippen LogP contribution in [0.3, 0.4) is 0 Å². The van der Waals surface area contributed by atoms with Crippen molar-refractivity contribution in [1.29, 1.82) is 0 Å². The highest BCUT2D eigenvalue weighted by Gasteiger charge is 2.05.